The van der Waals surface area contributed by atoms with Gasteiger partial charge in [-0.15, -0.1) is 0 Å². The minimum atomic E-state index is -0.106. The molecule has 1 aromatic heterocycles. The van der Waals surface area contributed by atoms with Crippen molar-refractivity contribution in [1.82, 2.24) is 14.8 Å². The Morgan fingerprint density at radius 1 is 1.32 bits per heavy atom. The van der Waals surface area contributed by atoms with Crippen LogP contribution in [0.5, 0.6) is 0 Å². The highest BCUT2D eigenvalue weighted by atomic mass is 16.2. The van der Waals surface area contributed by atoms with Crippen molar-refractivity contribution >= 4 is 17.6 Å². The Morgan fingerprint density at radius 2 is 2.08 bits per heavy atom. The average molecular weight is 346 g/mol. The summed E-state index contributed by atoms with van der Waals surface area (Å²) >= 11 is 0. The summed E-state index contributed by atoms with van der Waals surface area (Å²) in [5, 5.41) is 0. The Kier molecular flexibility index (Phi) is 6.79. The number of aromatic nitrogens is 1. The van der Waals surface area contributed by atoms with Gasteiger partial charge in [-0.25, -0.2) is 4.98 Å². The Bertz CT molecular complexity index is 603. The number of hydrogen-bond donors (Lipinski definition) is 0. The Labute approximate surface area is 150 Å². The number of hydrogen-bond acceptors (Lipinski definition) is 4. The Morgan fingerprint density at radius 3 is 2.72 bits per heavy atom. The number of carbonyl (C=O) groups excluding carboxylic acids is 2. The highest BCUT2D eigenvalue weighted by molar-refractivity contribution is 5.97. The van der Waals surface area contributed by atoms with Crippen LogP contribution in [-0.4, -0.2) is 66.4 Å². The van der Waals surface area contributed by atoms with Crippen LogP contribution in [0.3, 0.4) is 0 Å². The Balaban J connectivity index is 2.19. The molecule has 1 fully saturated rings. The molecular weight excluding hydrogens is 316 g/mol. The summed E-state index contributed by atoms with van der Waals surface area (Å²) < 4.78 is 0. The lowest BCUT2D eigenvalue weighted by Crippen LogP contribution is -2.41. The van der Waals surface area contributed by atoms with Crippen LogP contribution in [-0.2, 0) is 4.79 Å². The largest absolute Gasteiger partial charge is 0.354 e. The molecule has 1 saturated heterocycles. The molecule has 1 aliphatic heterocycles. The van der Waals surface area contributed by atoms with Crippen molar-refractivity contribution < 1.29 is 9.59 Å². The molecule has 0 aliphatic carbocycles. The van der Waals surface area contributed by atoms with Gasteiger partial charge in [-0.05, 0) is 44.7 Å². The van der Waals surface area contributed by atoms with Gasteiger partial charge in [0.25, 0.3) is 5.91 Å². The number of pyridine rings is 1. The summed E-state index contributed by atoms with van der Waals surface area (Å²) in [5.41, 5.74) is 0.600. The van der Waals surface area contributed by atoms with E-state index in [0.29, 0.717) is 18.2 Å². The van der Waals surface area contributed by atoms with Crippen molar-refractivity contribution in [2.24, 2.45) is 0 Å². The number of amides is 2. The molecule has 2 rings (SSSR count). The first-order valence-electron chi connectivity index (χ1n) is 9.16. The van der Waals surface area contributed by atoms with Gasteiger partial charge < -0.3 is 14.7 Å². The number of rotatable bonds is 6. The van der Waals surface area contributed by atoms with Gasteiger partial charge in [0.15, 0.2) is 0 Å². The van der Waals surface area contributed by atoms with E-state index in [4.69, 9.17) is 0 Å². The molecule has 0 spiro atoms. The maximum Gasteiger partial charge on any atom is 0.254 e. The fourth-order valence-corrected chi connectivity index (χ4v) is 3.16. The van der Waals surface area contributed by atoms with Gasteiger partial charge in [0.05, 0.1) is 0 Å². The summed E-state index contributed by atoms with van der Waals surface area (Å²) in [6, 6.07) is 4.05. The maximum absolute atomic E-state index is 12.9. The number of piperidine rings is 1. The maximum atomic E-state index is 12.9. The molecule has 1 aromatic rings. The van der Waals surface area contributed by atoms with Gasteiger partial charge >= 0.3 is 0 Å². The molecule has 0 radical (unpaired) electrons. The van der Waals surface area contributed by atoms with Gasteiger partial charge in [0.2, 0.25) is 5.91 Å². The third-order valence-electron chi connectivity index (χ3n) is 4.70. The lowest BCUT2D eigenvalue weighted by Gasteiger charge is -2.34. The van der Waals surface area contributed by atoms with Crippen LogP contribution < -0.4 is 4.90 Å². The summed E-state index contributed by atoms with van der Waals surface area (Å²) in [5.74, 6) is 0.680. The van der Waals surface area contributed by atoms with Crippen LogP contribution >= 0.6 is 0 Å². The number of anilines is 1. The second-order valence-electron chi connectivity index (χ2n) is 6.96. The van der Waals surface area contributed by atoms with Gasteiger partial charge in [0, 0.05) is 45.0 Å². The average Bonchev–Trinajstić information content (AvgIpc) is 2.61. The molecule has 0 N–H and O–H groups in total. The Hall–Kier alpha value is -2.11. The van der Waals surface area contributed by atoms with Crippen LogP contribution in [0.4, 0.5) is 5.82 Å². The van der Waals surface area contributed by atoms with Crippen molar-refractivity contribution in [3.63, 3.8) is 0 Å². The third-order valence-corrected chi connectivity index (χ3v) is 4.70. The van der Waals surface area contributed by atoms with E-state index in [0.717, 1.165) is 31.6 Å². The minimum Gasteiger partial charge on any atom is -0.354 e. The summed E-state index contributed by atoms with van der Waals surface area (Å²) in [7, 11) is 3.42. The summed E-state index contributed by atoms with van der Waals surface area (Å²) in [6.07, 6.45) is 6.06. The lowest BCUT2D eigenvalue weighted by atomic mass is 10.0. The zero-order valence-corrected chi connectivity index (χ0v) is 15.9. The standard InChI is InChI=1S/C19H30N4O2/c1-5-11-22(14-18(24)21(3)4)19(25)16-9-10-20-17(13-16)23-12-7-6-8-15(23)2/h9-10,13,15H,5-8,11-12,14H2,1-4H3/t15-/m1/s1. The minimum absolute atomic E-state index is 0.0688. The first-order chi connectivity index (χ1) is 11.9. The lowest BCUT2D eigenvalue weighted by molar-refractivity contribution is -0.129. The monoisotopic (exact) mass is 346 g/mol. The van der Waals surface area contributed by atoms with Crippen LogP contribution in [0, 0.1) is 0 Å². The molecule has 2 amide bonds. The molecule has 138 valence electrons. The van der Waals surface area contributed by atoms with E-state index < -0.39 is 0 Å². The molecule has 0 aromatic carbocycles. The highest BCUT2D eigenvalue weighted by Gasteiger charge is 2.23. The molecule has 2 heterocycles. The van der Waals surface area contributed by atoms with Crippen molar-refractivity contribution in [2.45, 2.75) is 45.6 Å². The van der Waals surface area contributed by atoms with Crippen LogP contribution in [0.1, 0.15) is 49.9 Å². The smallest absolute Gasteiger partial charge is 0.254 e. The van der Waals surface area contributed by atoms with Crippen molar-refractivity contribution in [1.29, 1.82) is 0 Å². The second-order valence-corrected chi connectivity index (χ2v) is 6.96. The molecule has 0 saturated carbocycles. The SMILES string of the molecule is CCCN(CC(=O)N(C)C)C(=O)c1ccnc(N2CCCC[C@H]2C)c1. The molecule has 0 bridgehead atoms. The molecule has 1 atom stereocenters. The number of nitrogens with zero attached hydrogens (tertiary/aromatic N) is 4. The van der Waals surface area contributed by atoms with Crippen LogP contribution in [0.25, 0.3) is 0 Å². The van der Waals surface area contributed by atoms with E-state index in [2.05, 4.69) is 16.8 Å². The predicted octanol–water partition coefficient (Wildman–Crippen LogP) is 2.40. The zero-order chi connectivity index (χ0) is 18.4. The van der Waals surface area contributed by atoms with Gasteiger partial charge in [-0.2, -0.15) is 0 Å². The predicted molar refractivity (Wildman–Crippen MR) is 99.8 cm³/mol. The quantitative estimate of drug-likeness (QED) is 0.794. The normalized spacial score (nSPS) is 17.3. The zero-order valence-electron chi connectivity index (χ0n) is 15.9. The van der Waals surface area contributed by atoms with E-state index in [9.17, 15) is 9.59 Å². The topological polar surface area (TPSA) is 56.8 Å². The van der Waals surface area contributed by atoms with Crippen LogP contribution in [0.2, 0.25) is 0 Å². The molecule has 0 unspecified atom stereocenters. The van der Waals surface area contributed by atoms with Gasteiger partial charge in [-0.3, -0.25) is 9.59 Å². The fourth-order valence-electron chi connectivity index (χ4n) is 3.16. The van der Waals surface area contributed by atoms with Gasteiger partial charge in [0.1, 0.15) is 12.4 Å². The first kappa shape index (κ1) is 19.2. The van der Waals surface area contributed by atoms with Crippen molar-refractivity contribution in [3.8, 4) is 0 Å². The van der Waals surface area contributed by atoms with E-state index in [1.165, 1.54) is 11.3 Å². The van der Waals surface area contributed by atoms with Gasteiger partial charge in [-0.1, -0.05) is 6.92 Å². The second kappa shape index (κ2) is 8.83. The highest BCUT2D eigenvalue weighted by Crippen LogP contribution is 2.23. The van der Waals surface area contributed by atoms with Crippen LogP contribution in [0.15, 0.2) is 18.3 Å². The molecule has 6 heteroatoms. The molecular formula is C19H30N4O2. The van der Waals surface area contributed by atoms with E-state index in [-0.39, 0.29) is 18.4 Å². The summed E-state index contributed by atoms with van der Waals surface area (Å²) in [4.78, 5) is 34.8. The van der Waals surface area contributed by atoms with E-state index in [1.807, 2.05) is 13.0 Å². The summed E-state index contributed by atoms with van der Waals surface area (Å²) in [6.45, 7) is 5.86. The van der Waals surface area contributed by atoms with Crippen molar-refractivity contribution in [2.75, 3.05) is 38.6 Å². The number of likely N-dealkylation sites (N-methyl/N-ethyl adjacent to an activating group) is 1. The molecule has 6 nitrogen and oxygen atoms in total. The first-order valence-corrected chi connectivity index (χ1v) is 9.16. The fraction of sp³-hybridized carbons (Fsp3) is 0.632. The van der Waals surface area contributed by atoms with E-state index in [1.54, 1.807) is 31.3 Å². The van der Waals surface area contributed by atoms with E-state index >= 15 is 0 Å². The molecule has 25 heavy (non-hydrogen) atoms. The molecule has 1 aliphatic rings. The van der Waals surface area contributed by atoms with Crippen molar-refractivity contribution in [3.05, 3.63) is 23.9 Å². The number of carbonyl (C=O) groups is 2. The third kappa shape index (κ3) is 4.94.